The SMILES string of the molecule is Cc1nc(Nc2ccc(C(F)(F)F)nc2)c(C)c(C)c1O. The minimum absolute atomic E-state index is 0.114. The third kappa shape index (κ3) is 3.07. The van der Waals surface area contributed by atoms with E-state index in [1.165, 1.54) is 6.07 Å². The molecule has 0 saturated heterocycles. The molecule has 0 atom stereocenters. The lowest BCUT2D eigenvalue weighted by Gasteiger charge is -2.14. The van der Waals surface area contributed by atoms with Crippen molar-refractivity contribution in [2.24, 2.45) is 0 Å². The van der Waals surface area contributed by atoms with Crippen molar-refractivity contribution in [2.45, 2.75) is 26.9 Å². The van der Waals surface area contributed by atoms with Crippen molar-refractivity contribution >= 4 is 11.5 Å². The molecule has 0 aliphatic rings. The van der Waals surface area contributed by atoms with Gasteiger partial charge in [0.1, 0.15) is 17.3 Å². The van der Waals surface area contributed by atoms with Crippen molar-refractivity contribution in [3.63, 3.8) is 0 Å². The fraction of sp³-hybridized carbons (Fsp3) is 0.286. The molecule has 2 heterocycles. The second-order valence-electron chi connectivity index (χ2n) is 4.70. The minimum atomic E-state index is -4.46. The van der Waals surface area contributed by atoms with E-state index in [1.54, 1.807) is 20.8 Å². The Morgan fingerprint density at radius 1 is 1.10 bits per heavy atom. The number of pyridine rings is 2. The summed E-state index contributed by atoms with van der Waals surface area (Å²) in [5, 5.41) is 12.7. The maximum absolute atomic E-state index is 12.4. The van der Waals surface area contributed by atoms with Crippen molar-refractivity contribution in [2.75, 3.05) is 5.32 Å². The Morgan fingerprint density at radius 2 is 1.76 bits per heavy atom. The number of halogens is 3. The van der Waals surface area contributed by atoms with Crippen LogP contribution in [-0.4, -0.2) is 15.1 Å². The summed E-state index contributed by atoms with van der Waals surface area (Å²) in [6, 6.07) is 2.19. The lowest BCUT2D eigenvalue weighted by Crippen LogP contribution is -2.08. The van der Waals surface area contributed by atoms with Crippen molar-refractivity contribution in [3.05, 3.63) is 40.8 Å². The Balaban J connectivity index is 2.31. The Morgan fingerprint density at radius 3 is 2.29 bits per heavy atom. The number of nitrogens with one attached hydrogen (secondary N) is 1. The molecule has 0 aliphatic heterocycles. The highest BCUT2D eigenvalue weighted by Gasteiger charge is 2.32. The Bertz CT molecular complexity index is 667. The normalized spacial score (nSPS) is 11.5. The van der Waals surface area contributed by atoms with Gasteiger partial charge in [-0.05, 0) is 44.0 Å². The van der Waals surface area contributed by atoms with Gasteiger partial charge in [-0.15, -0.1) is 0 Å². The van der Waals surface area contributed by atoms with Gasteiger partial charge in [-0.25, -0.2) is 9.97 Å². The predicted octanol–water partition coefficient (Wildman–Crippen LogP) is 3.87. The molecule has 2 aromatic heterocycles. The van der Waals surface area contributed by atoms with E-state index in [9.17, 15) is 18.3 Å². The second-order valence-corrected chi connectivity index (χ2v) is 4.70. The van der Waals surface area contributed by atoms with Gasteiger partial charge in [0, 0.05) is 0 Å². The second kappa shape index (κ2) is 5.23. The highest BCUT2D eigenvalue weighted by Crippen LogP contribution is 2.31. The first-order valence-corrected chi connectivity index (χ1v) is 6.17. The van der Waals surface area contributed by atoms with E-state index in [2.05, 4.69) is 15.3 Å². The zero-order valence-electron chi connectivity index (χ0n) is 11.7. The Kier molecular flexibility index (Phi) is 3.76. The van der Waals surface area contributed by atoms with Gasteiger partial charge in [-0.1, -0.05) is 0 Å². The molecular formula is C14H14F3N3O. The van der Waals surface area contributed by atoms with Crippen molar-refractivity contribution in [3.8, 4) is 5.75 Å². The number of aromatic hydroxyl groups is 1. The largest absolute Gasteiger partial charge is 0.506 e. The zero-order chi connectivity index (χ0) is 15.8. The van der Waals surface area contributed by atoms with Crippen LogP contribution in [0.2, 0.25) is 0 Å². The molecule has 0 amide bonds. The summed E-state index contributed by atoms with van der Waals surface area (Å²) in [6.07, 6.45) is -3.36. The van der Waals surface area contributed by atoms with E-state index in [4.69, 9.17) is 0 Å². The van der Waals surface area contributed by atoms with E-state index in [0.717, 1.165) is 17.8 Å². The molecule has 2 rings (SSSR count). The number of aryl methyl sites for hydroxylation is 1. The fourth-order valence-corrected chi connectivity index (χ4v) is 1.82. The fourth-order valence-electron chi connectivity index (χ4n) is 1.82. The first-order chi connectivity index (χ1) is 9.70. The molecule has 2 N–H and O–H groups in total. The number of aromatic nitrogens is 2. The van der Waals surface area contributed by atoms with Gasteiger partial charge in [-0.2, -0.15) is 13.2 Å². The molecule has 0 radical (unpaired) electrons. The summed E-state index contributed by atoms with van der Waals surface area (Å²) < 4.78 is 37.3. The quantitative estimate of drug-likeness (QED) is 0.883. The maximum Gasteiger partial charge on any atom is 0.433 e. The average molecular weight is 297 g/mol. The minimum Gasteiger partial charge on any atom is -0.506 e. The predicted molar refractivity (Wildman–Crippen MR) is 72.6 cm³/mol. The number of anilines is 2. The molecule has 112 valence electrons. The van der Waals surface area contributed by atoms with E-state index in [0.29, 0.717) is 22.8 Å². The summed E-state index contributed by atoms with van der Waals surface area (Å²) in [6.45, 7) is 5.16. The van der Waals surface area contributed by atoms with Gasteiger partial charge >= 0.3 is 6.18 Å². The van der Waals surface area contributed by atoms with Gasteiger partial charge < -0.3 is 10.4 Å². The van der Waals surface area contributed by atoms with Crippen LogP contribution in [0.25, 0.3) is 0 Å². The van der Waals surface area contributed by atoms with Crippen molar-refractivity contribution in [1.82, 2.24) is 9.97 Å². The molecule has 21 heavy (non-hydrogen) atoms. The van der Waals surface area contributed by atoms with Crippen LogP contribution in [0, 0.1) is 20.8 Å². The molecule has 2 aromatic rings. The molecule has 0 aliphatic carbocycles. The molecule has 7 heteroatoms. The lowest BCUT2D eigenvalue weighted by atomic mass is 10.1. The van der Waals surface area contributed by atoms with Crippen LogP contribution >= 0.6 is 0 Å². The Labute approximate surface area is 119 Å². The van der Waals surface area contributed by atoms with Crippen LogP contribution in [-0.2, 0) is 6.18 Å². The van der Waals surface area contributed by atoms with E-state index >= 15 is 0 Å². The number of rotatable bonds is 2. The molecule has 0 aromatic carbocycles. The van der Waals surface area contributed by atoms with Crippen molar-refractivity contribution in [1.29, 1.82) is 0 Å². The van der Waals surface area contributed by atoms with Crippen LogP contribution in [0.4, 0.5) is 24.7 Å². The van der Waals surface area contributed by atoms with Crippen molar-refractivity contribution < 1.29 is 18.3 Å². The van der Waals surface area contributed by atoms with E-state index in [1.807, 2.05) is 0 Å². The summed E-state index contributed by atoms with van der Waals surface area (Å²) in [7, 11) is 0. The molecule has 0 bridgehead atoms. The third-order valence-electron chi connectivity index (χ3n) is 3.21. The van der Waals surface area contributed by atoms with Crippen LogP contribution in [0.1, 0.15) is 22.5 Å². The van der Waals surface area contributed by atoms with Gasteiger partial charge in [0.2, 0.25) is 0 Å². The summed E-state index contributed by atoms with van der Waals surface area (Å²) >= 11 is 0. The van der Waals surface area contributed by atoms with Crippen LogP contribution in [0.3, 0.4) is 0 Å². The topological polar surface area (TPSA) is 58.0 Å². The van der Waals surface area contributed by atoms with E-state index < -0.39 is 11.9 Å². The third-order valence-corrected chi connectivity index (χ3v) is 3.21. The van der Waals surface area contributed by atoms with Crippen LogP contribution < -0.4 is 5.32 Å². The first kappa shape index (κ1) is 15.1. The number of hydrogen-bond donors (Lipinski definition) is 2. The van der Waals surface area contributed by atoms with Gasteiger partial charge in [-0.3, -0.25) is 0 Å². The smallest absolute Gasteiger partial charge is 0.433 e. The summed E-state index contributed by atoms with van der Waals surface area (Å²) in [4.78, 5) is 7.56. The average Bonchev–Trinajstić information content (AvgIpc) is 2.42. The summed E-state index contributed by atoms with van der Waals surface area (Å²) in [5.74, 6) is 0.591. The lowest BCUT2D eigenvalue weighted by molar-refractivity contribution is -0.141. The standard InChI is InChI=1S/C14H14F3N3O/c1-7-8(2)13(19-9(3)12(7)21)20-10-4-5-11(18-6-10)14(15,16)17/h4-6,21H,1-3H3,(H,19,20). The van der Waals surface area contributed by atoms with E-state index in [-0.39, 0.29) is 5.75 Å². The zero-order valence-corrected chi connectivity index (χ0v) is 11.7. The molecule has 0 unspecified atom stereocenters. The number of nitrogens with zero attached hydrogens (tertiary/aromatic N) is 2. The summed E-state index contributed by atoms with van der Waals surface area (Å²) in [5.41, 5.74) is 1.28. The number of hydrogen-bond acceptors (Lipinski definition) is 4. The van der Waals surface area contributed by atoms with Gasteiger partial charge in [0.05, 0.1) is 17.6 Å². The number of alkyl halides is 3. The first-order valence-electron chi connectivity index (χ1n) is 6.17. The van der Waals surface area contributed by atoms with Crippen LogP contribution in [0.15, 0.2) is 18.3 Å². The highest BCUT2D eigenvalue weighted by atomic mass is 19.4. The van der Waals surface area contributed by atoms with Crippen LogP contribution in [0.5, 0.6) is 5.75 Å². The van der Waals surface area contributed by atoms with Gasteiger partial charge in [0.15, 0.2) is 0 Å². The molecule has 0 spiro atoms. The molecule has 0 saturated carbocycles. The molecule has 4 nitrogen and oxygen atoms in total. The highest BCUT2D eigenvalue weighted by molar-refractivity contribution is 5.62. The monoisotopic (exact) mass is 297 g/mol. The molecular weight excluding hydrogens is 283 g/mol. The maximum atomic E-state index is 12.4. The van der Waals surface area contributed by atoms with Gasteiger partial charge in [0.25, 0.3) is 0 Å². The Hall–Kier alpha value is -2.31. The molecule has 0 fully saturated rings.